The molecule has 1 heterocycles. The molecule has 1 aliphatic rings. The first kappa shape index (κ1) is 16.1. The number of nitro groups is 1. The molecule has 0 saturated heterocycles. The van der Waals surface area contributed by atoms with Gasteiger partial charge in [-0.3, -0.25) is 10.1 Å². The molecule has 24 heavy (non-hydrogen) atoms. The molecule has 0 fully saturated rings. The number of benzene rings is 2. The van der Waals surface area contributed by atoms with Gasteiger partial charge in [0.1, 0.15) is 5.69 Å². The summed E-state index contributed by atoms with van der Waals surface area (Å²) in [6, 6.07) is 5.29. The van der Waals surface area contributed by atoms with Crippen molar-refractivity contribution in [3.63, 3.8) is 0 Å². The Labute approximate surface area is 136 Å². The smallest absolute Gasteiger partial charge is 0.416 e. The molecule has 0 atom stereocenters. The summed E-state index contributed by atoms with van der Waals surface area (Å²) in [6.45, 7) is 0. The molecule has 0 radical (unpaired) electrons. The van der Waals surface area contributed by atoms with Crippen LogP contribution in [0.1, 0.15) is 15.9 Å². The second-order valence-electron chi connectivity index (χ2n) is 4.87. The summed E-state index contributed by atoms with van der Waals surface area (Å²) in [6.07, 6.45) is -4.73. The van der Waals surface area contributed by atoms with Crippen molar-refractivity contribution >= 4 is 34.8 Å². The number of nitrogens with one attached hydrogen (secondary N) is 1. The Kier molecular flexibility index (Phi) is 3.63. The fourth-order valence-electron chi connectivity index (χ4n) is 2.21. The van der Waals surface area contributed by atoms with Crippen molar-refractivity contribution in [1.29, 1.82) is 0 Å². The zero-order valence-corrected chi connectivity index (χ0v) is 12.4. The minimum absolute atomic E-state index is 0.00608. The van der Waals surface area contributed by atoms with E-state index in [2.05, 4.69) is 5.32 Å². The fraction of sp³-hybridized carbons (Fsp3) is 0.0714. The maximum atomic E-state index is 12.9. The van der Waals surface area contributed by atoms with Crippen LogP contribution in [-0.4, -0.2) is 16.0 Å². The van der Waals surface area contributed by atoms with Gasteiger partial charge in [-0.2, -0.15) is 13.2 Å². The molecule has 1 aliphatic heterocycles. The van der Waals surface area contributed by atoms with Gasteiger partial charge in [-0.25, -0.2) is 4.79 Å². The minimum atomic E-state index is -4.73. The summed E-state index contributed by atoms with van der Waals surface area (Å²) in [5.41, 5.74) is -1.53. The van der Waals surface area contributed by atoms with Crippen LogP contribution in [0.3, 0.4) is 0 Å². The van der Waals surface area contributed by atoms with Gasteiger partial charge < -0.3 is 10.4 Å². The first-order chi connectivity index (χ1) is 11.2. The standard InChI is InChI=1S/C14H7F3N2O4S/c15-14(16,17)7-4-9(19(22)23)12-11(5-7)24-10-3-6(13(20)21)1-2-8(10)18-12/h1-5,18H,(H,20,21). The van der Waals surface area contributed by atoms with Gasteiger partial charge in [0.05, 0.1) is 21.7 Å². The van der Waals surface area contributed by atoms with Gasteiger partial charge in [-0.15, -0.1) is 0 Å². The molecule has 0 saturated carbocycles. The maximum absolute atomic E-state index is 12.9. The first-order valence-electron chi connectivity index (χ1n) is 6.38. The van der Waals surface area contributed by atoms with Gasteiger partial charge in [0.25, 0.3) is 5.69 Å². The molecule has 0 unspecified atom stereocenters. The van der Waals surface area contributed by atoms with E-state index in [0.29, 0.717) is 16.6 Å². The Morgan fingerprint density at radius 1 is 1.21 bits per heavy atom. The van der Waals surface area contributed by atoms with Crippen LogP contribution >= 0.6 is 11.8 Å². The van der Waals surface area contributed by atoms with E-state index in [1.807, 2.05) is 0 Å². The van der Waals surface area contributed by atoms with Gasteiger partial charge in [0, 0.05) is 15.9 Å². The Balaban J connectivity index is 2.15. The Bertz CT molecular complexity index is 883. The number of nitrogens with zero attached hydrogens (tertiary/aromatic N) is 1. The molecule has 0 aromatic heterocycles. The highest BCUT2D eigenvalue weighted by Gasteiger charge is 2.36. The largest absolute Gasteiger partial charge is 0.478 e. The third-order valence-electron chi connectivity index (χ3n) is 3.31. The lowest BCUT2D eigenvalue weighted by Crippen LogP contribution is -2.10. The summed E-state index contributed by atoms with van der Waals surface area (Å²) in [7, 11) is 0. The van der Waals surface area contributed by atoms with E-state index in [0.717, 1.165) is 17.8 Å². The lowest BCUT2D eigenvalue weighted by Gasteiger charge is -2.22. The van der Waals surface area contributed by atoms with Crippen LogP contribution < -0.4 is 5.32 Å². The van der Waals surface area contributed by atoms with E-state index < -0.39 is 28.3 Å². The van der Waals surface area contributed by atoms with Crippen molar-refractivity contribution in [2.45, 2.75) is 16.0 Å². The van der Waals surface area contributed by atoms with Crippen LogP contribution in [0.2, 0.25) is 0 Å². The monoisotopic (exact) mass is 356 g/mol. The van der Waals surface area contributed by atoms with Crippen molar-refractivity contribution in [3.05, 3.63) is 51.6 Å². The quantitative estimate of drug-likeness (QED) is 0.518. The van der Waals surface area contributed by atoms with Crippen LogP contribution in [0, 0.1) is 10.1 Å². The van der Waals surface area contributed by atoms with E-state index >= 15 is 0 Å². The highest BCUT2D eigenvalue weighted by Crippen LogP contribution is 2.50. The predicted octanol–water partition coefficient (Wildman–Crippen LogP) is 4.52. The van der Waals surface area contributed by atoms with E-state index in [4.69, 9.17) is 5.11 Å². The molecule has 0 spiro atoms. The van der Waals surface area contributed by atoms with Gasteiger partial charge >= 0.3 is 12.1 Å². The second kappa shape index (κ2) is 5.41. The van der Waals surface area contributed by atoms with Crippen LogP contribution in [0.25, 0.3) is 0 Å². The molecule has 0 amide bonds. The fourth-order valence-corrected chi connectivity index (χ4v) is 3.31. The number of fused-ring (bicyclic) bond motifs is 2. The molecule has 2 aromatic carbocycles. The number of alkyl halides is 3. The van der Waals surface area contributed by atoms with E-state index in [9.17, 15) is 28.1 Å². The van der Waals surface area contributed by atoms with Crippen LogP contribution in [-0.2, 0) is 6.18 Å². The lowest BCUT2D eigenvalue weighted by atomic mass is 10.1. The van der Waals surface area contributed by atoms with Gasteiger partial charge in [0.15, 0.2) is 0 Å². The summed E-state index contributed by atoms with van der Waals surface area (Å²) in [4.78, 5) is 21.6. The zero-order chi connectivity index (χ0) is 17.6. The number of anilines is 2. The highest BCUT2D eigenvalue weighted by molar-refractivity contribution is 7.99. The molecule has 2 N–H and O–H groups in total. The normalized spacial score (nSPS) is 12.8. The number of nitro benzene ring substituents is 1. The molecule has 0 aliphatic carbocycles. The molecule has 2 aromatic rings. The van der Waals surface area contributed by atoms with Crippen molar-refractivity contribution in [3.8, 4) is 0 Å². The van der Waals surface area contributed by atoms with Crippen molar-refractivity contribution < 1.29 is 28.0 Å². The van der Waals surface area contributed by atoms with Crippen molar-refractivity contribution in [1.82, 2.24) is 0 Å². The number of rotatable bonds is 2. The molecular formula is C14H7F3N2O4S. The van der Waals surface area contributed by atoms with E-state index in [1.165, 1.54) is 18.2 Å². The maximum Gasteiger partial charge on any atom is 0.416 e. The Morgan fingerprint density at radius 2 is 1.92 bits per heavy atom. The third kappa shape index (κ3) is 2.75. The minimum Gasteiger partial charge on any atom is -0.478 e. The first-order valence-corrected chi connectivity index (χ1v) is 7.20. The topological polar surface area (TPSA) is 92.5 Å². The molecule has 3 rings (SSSR count). The third-order valence-corrected chi connectivity index (χ3v) is 4.41. The second-order valence-corrected chi connectivity index (χ2v) is 5.95. The highest BCUT2D eigenvalue weighted by atomic mass is 32.2. The summed E-state index contributed by atoms with van der Waals surface area (Å²) in [5.74, 6) is -1.18. The number of carboxylic acid groups (broad SMARTS) is 1. The van der Waals surface area contributed by atoms with Gasteiger partial charge in [-0.1, -0.05) is 11.8 Å². The Morgan fingerprint density at radius 3 is 2.50 bits per heavy atom. The molecule has 10 heteroatoms. The molecule has 6 nitrogen and oxygen atoms in total. The number of carbonyl (C=O) groups is 1. The summed E-state index contributed by atoms with van der Waals surface area (Å²) in [5, 5.41) is 22.8. The molecule has 124 valence electrons. The zero-order valence-electron chi connectivity index (χ0n) is 11.5. The van der Waals surface area contributed by atoms with E-state index in [-0.39, 0.29) is 16.1 Å². The van der Waals surface area contributed by atoms with Crippen LogP contribution in [0.4, 0.5) is 30.2 Å². The van der Waals surface area contributed by atoms with Gasteiger partial charge in [0.2, 0.25) is 0 Å². The van der Waals surface area contributed by atoms with Crippen molar-refractivity contribution in [2.75, 3.05) is 5.32 Å². The molecule has 0 bridgehead atoms. The van der Waals surface area contributed by atoms with Crippen LogP contribution in [0.5, 0.6) is 0 Å². The number of carboxylic acids is 1. The summed E-state index contributed by atoms with van der Waals surface area (Å²) < 4.78 is 38.8. The average molecular weight is 356 g/mol. The van der Waals surface area contributed by atoms with Crippen molar-refractivity contribution in [2.24, 2.45) is 0 Å². The van der Waals surface area contributed by atoms with Crippen LogP contribution in [0.15, 0.2) is 40.1 Å². The SMILES string of the molecule is O=C(O)c1ccc2c(c1)Sc1cc(C(F)(F)F)cc([N+](=O)[O-])c1N2. The van der Waals surface area contributed by atoms with E-state index in [1.54, 1.807) is 0 Å². The average Bonchev–Trinajstić information content (AvgIpc) is 2.50. The Hall–Kier alpha value is -2.75. The number of halogens is 3. The van der Waals surface area contributed by atoms with Gasteiger partial charge in [-0.05, 0) is 24.3 Å². The predicted molar refractivity (Wildman–Crippen MR) is 78.9 cm³/mol. The number of aromatic carboxylic acids is 1. The number of hydrogen-bond donors (Lipinski definition) is 2. The lowest BCUT2D eigenvalue weighted by molar-refractivity contribution is -0.384. The molecular weight excluding hydrogens is 349 g/mol. The summed E-state index contributed by atoms with van der Waals surface area (Å²) >= 11 is 0.846. The number of hydrogen-bond acceptors (Lipinski definition) is 5.